The van der Waals surface area contributed by atoms with E-state index in [0.29, 0.717) is 11.5 Å². The lowest BCUT2D eigenvalue weighted by Crippen LogP contribution is -2.12. The molecule has 0 fully saturated rings. The van der Waals surface area contributed by atoms with E-state index in [0.717, 1.165) is 22.8 Å². The Kier molecular flexibility index (Phi) is 5.71. The molecule has 0 atom stereocenters. The van der Waals surface area contributed by atoms with E-state index < -0.39 is 0 Å². The minimum atomic E-state index is -0.196. The van der Waals surface area contributed by atoms with Crippen molar-refractivity contribution in [1.29, 1.82) is 0 Å². The van der Waals surface area contributed by atoms with E-state index in [9.17, 15) is 4.79 Å². The third-order valence-corrected chi connectivity index (χ3v) is 4.21. The molecule has 3 rings (SSSR count). The van der Waals surface area contributed by atoms with E-state index in [1.807, 2.05) is 48.5 Å². The lowest BCUT2D eigenvalue weighted by atomic mass is 10.0. The van der Waals surface area contributed by atoms with E-state index >= 15 is 0 Å². The van der Waals surface area contributed by atoms with Crippen molar-refractivity contribution in [1.82, 2.24) is 4.98 Å². The SMILES string of the molecule is COc1ccc(Nc2cncc(C(=O)Nc3ccc(C(C)C)cc3)c2)cc1. The van der Waals surface area contributed by atoms with E-state index in [2.05, 4.69) is 29.5 Å². The van der Waals surface area contributed by atoms with Crippen molar-refractivity contribution >= 4 is 23.0 Å². The summed E-state index contributed by atoms with van der Waals surface area (Å²) < 4.78 is 5.15. The number of amides is 1. The summed E-state index contributed by atoms with van der Waals surface area (Å²) in [7, 11) is 1.63. The molecule has 5 heteroatoms. The largest absolute Gasteiger partial charge is 0.497 e. The highest BCUT2D eigenvalue weighted by Gasteiger charge is 2.08. The highest BCUT2D eigenvalue weighted by atomic mass is 16.5. The van der Waals surface area contributed by atoms with Crippen LogP contribution in [0.25, 0.3) is 0 Å². The van der Waals surface area contributed by atoms with Crippen LogP contribution in [0.15, 0.2) is 67.0 Å². The molecule has 1 heterocycles. The van der Waals surface area contributed by atoms with Gasteiger partial charge in [-0.15, -0.1) is 0 Å². The van der Waals surface area contributed by atoms with Gasteiger partial charge in [0.05, 0.1) is 24.6 Å². The van der Waals surface area contributed by atoms with Crippen molar-refractivity contribution in [2.75, 3.05) is 17.7 Å². The van der Waals surface area contributed by atoms with Crippen LogP contribution in [-0.4, -0.2) is 18.0 Å². The highest BCUT2D eigenvalue weighted by molar-refractivity contribution is 6.04. The van der Waals surface area contributed by atoms with Crippen LogP contribution in [0.2, 0.25) is 0 Å². The van der Waals surface area contributed by atoms with Crippen LogP contribution in [0.1, 0.15) is 35.7 Å². The first-order chi connectivity index (χ1) is 13.0. The number of hydrogen-bond donors (Lipinski definition) is 2. The Hall–Kier alpha value is -3.34. The number of benzene rings is 2. The predicted molar refractivity (Wildman–Crippen MR) is 109 cm³/mol. The number of hydrogen-bond acceptors (Lipinski definition) is 4. The molecule has 1 amide bonds. The fraction of sp³-hybridized carbons (Fsp3) is 0.182. The second kappa shape index (κ2) is 8.36. The fourth-order valence-corrected chi connectivity index (χ4v) is 2.63. The maximum Gasteiger partial charge on any atom is 0.257 e. The number of rotatable bonds is 6. The van der Waals surface area contributed by atoms with Crippen molar-refractivity contribution in [3.63, 3.8) is 0 Å². The van der Waals surface area contributed by atoms with E-state index in [4.69, 9.17) is 4.74 Å². The first kappa shape index (κ1) is 18.5. The van der Waals surface area contributed by atoms with Crippen LogP contribution in [0.3, 0.4) is 0 Å². The molecule has 0 radical (unpaired) electrons. The van der Waals surface area contributed by atoms with Crippen molar-refractivity contribution in [2.24, 2.45) is 0 Å². The summed E-state index contributed by atoms with van der Waals surface area (Å²) in [6.07, 6.45) is 3.23. The molecule has 2 aromatic carbocycles. The lowest BCUT2D eigenvalue weighted by molar-refractivity contribution is 0.102. The normalized spacial score (nSPS) is 10.5. The van der Waals surface area contributed by atoms with Gasteiger partial charge in [0.2, 0.25) is 0 Å². The zero-order valence-electron chi connectivity index (χ0n) is 15.7. The van der Waals surface area contributed by atoms with Crippen LogP contribution in [0.4, 0.5) is 17.1 Å². The molecule has 27 heavy (non-hydrogen) atoms. The van der Waals surface area contributed by atoms with Gasteiger partial charge in [-0.25, -0.2) is 0 Å². The average molecular weight is 361 g/mol. The topological polar surface area (TPSA) is 63.2 Å². The third-order valence-electron chi connectivity index (χ3n) is 4.21. The Labute approximate surface area is 159 Å². The van der Waals surface area contributed by atoms with E-state index in [1.165, 1.54) is 5.56 Å². The van der Waals surface area contributed by atoms with Gasteiger partial charge >= 0.3 is 0 Å². The summed E-state index contributed by atoms with van der Waals surface area (Å²) in [6.45, 7) is 4.28. The van der Waals surface area contributed by atoms with Crippen molar-refractivity contribution < 1.29 is 9.53 Å². The van der Waals surface area contributed by atoms with E-state index in [-0.39, 0.29) is 5.91 Å². The second-order valence-electron chi connectivity index (χ2n) is 6.55. The first-order valence-electron chi connectivity index (χ1n) is 8.82. The highest BCUT2D eigenvalue weighted by Crippen LogP contribution is 2.21. The summed E-state index contributed by atoms with van der Waals surface area (Å²) in [6, 6.07) is 17.2. The van der Waals surface area contributed by atoms with Gasteiger partial charge in [0.25, 0.3) is 5.91 Å². The van der Waals surface area contributed by atoms with Crippen molar-refractivity contribution in [3.05, 3.63) is 78.1 Å². The maximum absolute atomic E-state index is 12.5. The smallest absolute Gasteiger partial charge is 0.257 e. The molecule has 3 aromatic rings. The van der Waals surface area contributed by atoms with Gasteiger partial charge in [-0.2, -0.15) is 0 Å². The molecule has 138 valence electrons. The lowest BCUT2D eigenvalue weighted by Gasteiger charge is -2.10. The van der Waals surface area contributed by atoms with Gasteiger partial charge in [0, 0.05) is 17.6 Å². The number of methoxy groups -OCH3 is 1. The molecule has 0 aliphatic carbocycles. The zero-order valence-corrected chi connectivity index (χ0v) is 15.7. The molecule has 1 aromatic heterocycles. The molecule has 0 bridgehead atoms. The summed E-state index contributed by atoms with van der Waals surface area (Å²) in [4.78, 5) is 16.7. The Morgan fingerprint density at radius 1 is 0.926 bits per heavy atom. The number of nitrogens with zero attached hydrogens (tertiary/aromatic N) is 1. The molecular weight excluding hydrogens is 338 g/mol. The van der Waals surface area contributed by atoms with Crippen LogP contribution in [0, 0.1) is 0 Å². The number of nitrogens with one attached hydrogen (secondary N) is 2. The summed E-state index contributed by atoms with van der Waals surface area (Å²) in [5, 5.41) is 6.14. The number of anilines is 3. The van der Waals surface area contributed by atoms with Gasteiger partial charge in [0.15, 0.2) is 0 Å². The fourth-order valence-electron chi connectivity index (χ4n) is 2.63. The van der Waals surface area contributed by atoms with Gasteiger partial charge < -0.3 is 15.4 Å². The van der Waals surface area contributed by atoms with Crippen LogP contribution >= 0.6 is 0 Å². The predicted octanol–water partition coefficient (Wildman–Crippen LogP) is 5.21. The minimum Gasteiger partial charge on any atom is -0.497 e. The quantitative estimate of drug-likeness (QED) is 0.633. The van der Waals surface area contributed by atoms with Gasteiger partial charge in [0.1, 0.15) is 5.75 Å². The number of pyridine rings is 1. The van der Waals surface area contributed by atoms with Gasteiger partial charge in [-0.1, -0.05) is 26.0 Å². The van der Waals surface area contributed by atoms with Crippen LogP contribution in [0.5, 0.6) is 5.75 Å². The molecule has 2 N–H and O–H groups in total. The Balaban J connectivity index is 1.69. The molecule has 0 unspecified atom stereocenters. The van der Waals surface area contributed by atoms with Crippen LogP contribution < -0.4 is 15.4 Å². The Morgan fingerprint density at radius 2 is 1.59 bits per heavy atom. The minimum absolute atomic E-state index is 0.196. The second-order valence-corrected chi connectivity index (χ2v) is 6.55. The van der Waals surface area contributed by atoms with E-state index in [1.54, 1.807) is 25.6 Å². The molecular formula is C22H23N3O2. The Morgan fingerprint density at radius 3 is 2.22 bits per heavy atom. The van der Waals surface area contributed by atoms with Crippen molar-refractivity contribution in [3.8, 4) is 5.75 Å². The van der Waals surface area contributed by atoms with Gasteiger partial charge in [-0.3, -0.25) is 9.78 Å². The average Bonchev–Trinajstić information content (AvgIpc) is 2.69. The van der Waals surface area contributed by atoms with Crippen LogP contribution in [-0.2, 0) is 0 Å². The first-order valence-corrected chi connectivity index (χ1v) is 8.82. The maximum atomic E-state index is 12.5. The number of carbonyl (C=O) groups is 1. The molecule has 0 saturated carbocycles. The number of ether oxygens (including phenoxy) is 1. The summed E-state index contributed by atoms with van der Waals surface area (Å²) in [5.74, 6) is 1.05. The Bertz CT molecular complexity index is 904. The summed E-state index contributed by atoms with van der Waals surface area (Å²) in [5.41, 5.74) is 4.11. The molecule has 0 aliphatic heterocycles. The molecule has 0 saturated heterocycles. The number of carbonyl (C=O) groups excluding carboxylic acids is 1. The van der Waals surface area contributed by atoms with Gasteiger partial charge in [-0.05, 0) is 53.9 Å². The molecule has 0 aliphatic rings. The summed E-state index contributed by atoms with van der Waals surface area (Å²) >= 11 is 0. The zero-order chi connectivity index (χ0) is 19.2. The standard InChI is InChI=1S/C22H23N3O2/c1-15(2)16-4-6-19(7-5-16)25-22(26)17-12-20(14-23-13-17)24-18-8-10-21(27-3)11-9-18/h4-15,24H,1-3H3,(H,25,26). The number of aromatic nitrogens is 1. The van der Waals surface area contributed by atoms with Crippen molar-refractivity contribution in [2.45, 2.75) is 19.8 Å². The third kappa shape index (κ3) is 4.85. The molecule has 0 spiro atoms. The molecule has 5 nitrogen and oxygen atoms in total. The monoisotopic (exact) mass is 361 g/mol.